The van der Waals surface area contributed by atoms with Crippen LogP contribution in [-0.4, -0.2) is 15.2 Å². The molecule has 0 aliphatic rings. The molecule has 0 spiro atoms. The minimum atomic E-state index is -0.0897. The minimum absolute atomic E-state index is 0.0897. The Morgan fingerprint density at radius 3 is 3.00 bits per heavy atom. The zero-order chi connectivity index (χ0) is 9.42. The van der Waals surface area contributed by atoms with Crippen molar-refractivity contribution in [2.45, 2.75) is 6.92 Å². The van der Waals surface area contributed by atoms with E-state index in [-0.39, 0.29) is 5.78 Å². The van der Waals surface area contributed by atoms with Crippen LogP contribution in [0.15, 0.2) is 24.4 Å². The molecule has 66 valence electrons. The number of Topliss-reactive ketones (excluding diaryl/α,β-unsaturated/α-hetero) is 1. The number of carbonyl (C=O) groups is 1. The van der Waals surface area contributed by atoms with Crippen molar-refractivity contribution in [2.75, 3.05) is 0 Å². The normalized spacial score (nSPS) is 10.6. The van der Waals surface area contributed by atoms with Gasteiger partial charge in [-0.2, -0.15) is 0 Å². The van der Waals surface area contributed by atoms with Crippen molar-refractivity contribution in [3.05, 3.63) is 35.4 Å². The molecule has 2 rings (SSSR count). The van der Waals surface area contributed by atoms with Crippen molar-refractivity contribution in [3.63, 3.8) is 0 Å². The van der Waals surface area contributed by atoms with Gasteiger partial charge in [0.05, 0.1) is 11.7 Å². The largest absolute Gasteiger partial charge is 0.291 e. The molecule has 4 heteroatoms. The van der Waals surface area contributed by atoms with Gasteiger partial charge >= 0.3 is 0 Å². The number of carbonyl (C=O) groups excluding carboxylic acids is 1. The average molecular weight is 195 g/mol. The second-order valence-electron chi connectivity index (χ2n) is 2.75. The van der Waals surface area contributed by atoms with Gasteiger partial charge in [-0.05, 0) is 12.1 Å². The SMILES string of the molecule is CC(=O)c1ncc2cccc(Cl)n12. The molecule has 2 aromatic heterocycles. The van der Waals surface area contributed by atoms with Gasteiger partial charge in [-0.25, -0.2) is 4.98 Å². The van der Waals surface area contributed by atoms with Gasteiger partial charge in [-0.3, -0.25) is 9.20 Å². The summed E-state index contributed by atoms with van der Waals surface area (Å²) < 4.78 is 1.63. The smallest absolute Gasteiger partial charge is 0.195 e. The zero-order valence-corrected chi connectivity index (χ0v) is 7.75. The third-order valence-electron chi connectivity index (χ3n) is 1.82. The van der Waals surface area contributed by atoms with Gasteiger partial charge in [0.1, 0.15) is 5.15 Å². The van der Waals surface area contributed by atoms with Crippen molar-refractivity contribution in [3.8, 4) is 0 Å². The summed E-state index contributed by atoms with van der Waals surface area (Å²) in [5.74, 6) is 0.286. The molecule has 0 saturated heterocycles. The number of pyridine rings is 1. The van der Waals surface area contributed by atoms with E-state index in [2.05, 4.69) is 4.98 Å². The molecular formula is C9H7ClN2O. The summed E-state index contributed by atoms with van der Waals surface area (Å²) in [6.07, 6.45) is 1.63. The molecule has 0 aromatic carbocycles. The maximum absolute atomic E-state index is 11.1. The third-order valence-corrected chi connectivity index (χ3v) is 2.11. The first-order valence-corrected chi connectivity index (χ1v) is 4.21. The molecule has 0 atom stereocenters. The number of fused-ring (bicyclic) bond motifs is 1. The highest BCUT2D eigenvalue weighted by molar-refractivity contribution is 6.30. The first-order valence-electron chi connectivity index (χ1n) is 3.83. The van der Waals surface area contributed by atoms with E-state index in [9.17, 15) is 4.79 Å². The predicted molar refractivity (Wildman–Crippen MR) is 50.2 cm³/mol. The minimum Gasteiger partial charge on any atom is -0.291 e. The van der Waals surface area contributed by atoms with Gasteiger partial charge in [-0.15, -0.1) is 0 Å². The predicted octanol–water partition coefficient (Wildman–Crippen LogP) is 2.19. The number of halogens is 1. The summed E-state index contributed by atoms with van der Waals surface area (Å²) in [4.78, 5) is 15.1. The Morgan fingerprint density at radius 2 is 2.31 bits per heavy atom. The van der Waals surface area contributed by atoms with E-state index in [4.69, 9.17) is 11.6 Å². The molecule has 3 nitrogen and oxygen atoms in total. The van der Waals surface area contributed by atoms with Gasteiger partial charge < -0.3 is 0 Å². The Balaban J connectivity index is 2.86. The van der Waals surface area contributed by atoms with Crippen molar-refractivity contribution in [2.24, 2.45) is 0 Å². The summed E-state index contributed by atoms with van der Waals surface area (Å²) in [5.41, 5.74) is 0.831. The number of nitrogens with zero attached hydrogens (tertiary/aromatic N) is 2. The Hall–Kier alpha value is -1.35. The molecule has 0 amide bonds. The van der Waals surface area contributed by atoms with Gasteiger partial charge in [0.25, 0.3) is 0 Å². The van der Waals surface area contributed by atoms with E-state index in [1.807, 2.05) is 12.1 Å². The van der Waals surface area contributed by atoms with E-state index in [1.54, 1.807) is 16.7 Å². The molecule has 0 saturated carbocycles. The molecule has 0 N–H and O–H groups in total. The van der Waals surface area contributed by atoms with E-state index in [0.29, 0.717) is 11.0 Å². The van der Waals surface area contributed by atoms with Crippen molar-refractivity contribution < 1.29 is 4.79 Å². The van der Waals surface area contributed by atoms with Crippen LogP contribution < -0.4 is 0 Å². The summed E-state index contributed by atoms with van der Waals surface area (Å²) in [6.45, 7) is 1.47. The number of hydrogen-bond acceptors (Lipinski definition) is 2. The molecule has 0 aliphatic carbocycles. The summed E-state index contributed by atoms with van der Waals surface area (Å²) in [6, 6.07) is 5.40. The molecule has 13 heavy (non-hydrogen) atoms. The van der Waals surface area contributed by atoms with Gasteiger partial charge in [-0.1, -0.05) is 17.7 Å². The standard InChI is InChI=1S/C9H7ClN2O/c1-6(13)9-11-5-7-3-2-4-8(10)12(7)9/h2-5H,1H3. The second kappa shape index (κ2) is 2.85. The molecular weight excluding hydrogens is 188 g/mol. The van der Waals surface area contributed by atoms with Crippen LogP contribution in [0.5, 0.6) is 0 Å². The average Bonchev–Trinajstić information content (AvgIpc) is 2.49. The van der Waals surface area contributed by atoms with Crippen molar-refractivity contribution in [1.29, 1.82) is 0 Å². The number of rotatable bonds is 1. The Kier molecular flexibility index (Phi) is 1.81. The fraction of sp³-hybridized carbons (Fsp3) is 0.111. The number of imidazole rings is 1. The highest BCUT2D eigenvalue weighted by Crippen LogP contribution is 2.15. The molecule has 0 radical (unpaired) electrons. The zero-order valence-electron chi connectivity index (χ0n) is 6.99. The van der Waals surface area contributed by atoms with Crippen LogP contribution in [0.4, 0.5) is 0 Å². The van der Waals surface area contributed by atoms with Crippen LogP contribution in [-0.2, 0) is 0 Å². The Morgan fingerprint density at radius 1 is 1.54 bits per heavy atom. The quantitative estimate of drug-likeness (QED) is 0.515. The number of hydrogen-bond donors (Lipinski definition) is 0. The lowest BCUT2D eigenvalue weighted by atomic mass is 10.4. The fourth-order valence-corrected chi connectivity index (χ4v) is 1.51. The number of ketones is 1. The lowest BCUT2D eigenvalue weighted by molar-refractivity contribution is 0.100. The van der Waals surface area contributed by atoms with Crippen molar-refractivity contribution >= 4 is 22.9 Å². The highest BCUT2D eigenvalue weighted by Gasteiger charge is 2.09. The molecule has 2 aromatic rings. The number of aromatic nitrogens is 2. The summed E-state index contributed by atoms with van der Waals surface area (Å²) >= 11 is 5.92. The van der Waals surface area contributed by atoms with E-state index < -0.39 is 0 Å². The second-order valence-corrected chi connectivity index (χ2v) is 3.13. The third kappa shape index (κ3) is 1.21. The summed E-state index contributed by atoms with van der Waals surface area (Å²) in [5, 5.41) is 0.500. The van der Waals surface area contributed by atoms with E-state index >= 15 is 0 Å². The lowest BCUT2D eigenvalue weighted by Gasteiger charge is -1.99. The van der Waals surface area contributed by atoms with Crippen LogP contribution in [0.3, 0.4) is 0 Å². The highest BCUT2D eigenvalue weighted by atomic mass is 35.5. The van der Waals surface area contributed by atoms with Crippen LogP contribution >= 0.6 is 11.6 Å². The fourth-order valence-electron chi connectivity index (χ4n) is 1.26. The summed E-state index contributed by atoms with van der Waals surface area (Å²) in [7, 11) is 0. The Bertz CT molecular complexity index is 475. The first kappa shape index (κ1) is 8.26. The van der Waals surface area contributed by atoms with Gasteiger partial charge in [0.15, 0.2) is 11.6 Å². The molecule has 0 aliphatic heterocycles. The van der Waals surface area contributed by atoms with Crippen LogP contribution in [0.2, 0.25) is 5.15 Å². The van der Waals surface area contributed by atoms with Crippen LogP contribution in [0.25, 0.3) is 5.52 Å². The topological polar surface area (TPSA) is 34.4 Å². The molecule has 0 fully saturated rings. The van der Waals surface area contributed by atoms with Gasteiger partial charge in [0.2, 0.25) is 0 Å². The van der Waals surface area contributed by atoms with Crippen molar-refractivity contribution in [1.82, 2.24) is 9.38 Å². The van der Waals surface area contributed by atoms with Gasteiger partial charge in [0, 0.05) is 6.92 Å². The molecule has 0 unspecified atom stereocenters. The lowest BCUT2D eigenvalue weighted by Crippen LogP contribution is -2.00. The maximum Gasteiger partial charge on any atom is 0.195 e. The monoisotopic (exact) mass is 194 g/mol. The molecule has 2 heterocycles. The first-order chi connectivity index (χ1) is 6.20. The van der Waals surface area contributed by atoms with E-state index in [1.165, 1.54) is 6.92 Å². The van der Waals surface area contributed by atoms with E-state index in [0.717, 1.165) is 5.52 Å². The van der Waals surface area contributed by atoms with Crippen LogP contribution in [0.1, 0.15) is 17.5 Å². The molecule has 0 bridgehead atoms. The Labute approximate surface area is 80.0 Å². The maximum atomic E-state index is 11.1. The van der Waals surface area contributed by atoms with Crippen LogP contribution in [0, 0.1) is 0 Å².